The van der Waals surface area contributed by atoms with Gasteiger partial charge in [-0.15, -0.1) is 22.7 Å². The van der Waals surface area contributed by atoms with E-state index < -0.39 is 0 Å². The predicted molar refractivity (Wildman–Crippen MR) is 329 cm³/mol. The zero-order valence-electron chi connectivity index (χ0n) is 41.4. The van der Waals surface area contributed by atoms with Crippen molar-refractivity contribution in [2.45, 2.75) is 0 Å². The van der Waals surface area contributed by atoms with Crippen molar-refractivity contribution in [1.29, 1.82) is 0 Å². The Bertz CT molecular complexity index is 4050. The van der Waals surface area contributed by atoms with E-state index in [1.54, 1.807) is 0 Å². The fourth-order valence-corrected chi connectivity index (χ4v) is 13.0. The van der Waals surface area contributed by atoms with E-state index in [1.165, 1.54) is 84.9 Å². The van der Waals surface area contributed by atoms with E-state index in [2.05, 4.69) is 301 Å². The average molecular weight is 1010 g/mol. The molecule has 76 heavy (non-hydrogen) atoms. The Morgan fingerprint density at radius 1 is 0.171 bits per heavy atom. The Balaban J connectivity index is 0.778. The molecule has 0 bridgehead atoms. The smallest absolute Gasteiger partial charge is 0.0462 e. The van der Waals surface area contributed by atoms with E-state index in [0.29, 0.717) is 0 Å². The van der Waals surface area contributed by atoms with Crippen LogP contribution in [0.15, 0.2) is 291 Å². The van der Waals surface area contributed by atoms with Crippen LogP contribution < -0.4 is 9.80 Å². The minimum Gasteiger partial charge on any atom is -0.311 e. The molecule has 4 heteroatoms. The first-order chi connectivity index (χ1) is 37.6. The van der Waals surface area contributed by atoms with Gasteiger partial charge in [-0.05, 0) is 165 Å². The molecule has 0 radical (unpaired) electrons. The lowest BCUT2D eigenvalue weighted by Crippen LogP contribution is -2.10. The second-order valence-corrected chi connectivity index (χ2v) is 21.5. The van der Waals surface area contributed by atoms with E-state index in [-0.39, 0.29) is 0 Å². The van der Waals surface area contributed by atoms with E-state index in [0.717, 1.165) is 45.3 Å². The van der Waals surface area contributed by atoms with Crippen LogP contribution in [0.5, 0.6) is 0 Å². The molecule has 2 nitrogen and oxygen atoms in total. The molecule has 2 aromatic heterocycles. The molecular formula is C72H48N2S2. The highest BCUT2D eigenvalue weighted by Gasteiger charge is 2.17. The number of rotatable bonds is 11. The second kappa shape index (κ2) is 19.5. The van der Waals surface area contributed by atoms with E-state index in [1.807, 2.05) is 22.7 Å². The maximum absolute atomic E-state index is 2.36. The summed E-state index contributed by atoms with van der Waals surface area (Å²) >= 11 is 3.71. The zero-order valence-corrected chi connectivity index (χ0v) is 43.1. The van der Waals surface area contributed by atoms with Gasteiger partial charge in [-0.2, -0.15) is 0 Å². The largest absolute Gasteiger partial charge is 0.311 e. The number of nitrogens with zero attached hydrogens (tertiary/aromatic N) is 2. The highest BCUT2D eigenvalue weighted by atomic mass is 32.1. The summed E-state index contributed by atoms with van der Waals surface area (Å²) in [5.41, 5.74) is 18.5. The molecule has 0 spiro atoms. The minimum atomic E-state index is 1.09. The number of fused-ring (bicyclic) bond motifs is 6. The number of benzene rings is 12. The summed E-state index contributed by atoms with van der Waals surface area (Å²) in [6.45, 7) is 0. The summed E-state index contributed by atoms with van der Waals surface area (Å²) in [4.78, 5) is 4.71. The third kappa shape index (κ3) is 8.60. The SMILES string of the molecule is c1ccc(-c2ccc(N(c3ccc(-c4ccc(N(c5ccc(-c6ccccc6)cc5)c5ccc(-c6ccc7sc8ccccc8c7c6)cc5)cc4)cc3)c3ccc(-c4ccc5sc6ccccc6c5c4)cc3)cc2)cc1. The lowest BCUT2D eigenvalue weighted by atomic mass is 10.0. The summed E-state index contributed by atoms with van der Waals surface area (Å²) in [5.74, 6) is 0. The molecule has 14 rings (SSSR count). The standard InChI is InChI=1S/C72H48N2S2/c1-3-11-49(12-4-1)51-19-33-59(34-20-51)73(63-41-27-55(28-42-63)57-31-45-71-67(47-57)65-15-7-9-17-69(65)75-71)61-37-23-53(24-38-61)54-25-39-62(40-26-54)74(60-35-21-52(22-36-60)50-13-5-2-6-14-50)64-43-29-56(30-44-64)58-32-46-72-68(48-58)66-16-8-10-18-70(66)76-72/h1-48H. The Kier molecular flexibility index (Phi) is 11.6. The van der Waals surface area contributed by atoms with E-state index in [9.17, 15) is 0 Å². The average Bonchev–Trinajstić information content (AvgIpc) is 4.10. The highest BCUT2D eigenvalue weighted by Crippen LogP contribution is 2.43. The molecule has 0 saturated heterocycles. The molecule has 0 atom stereocenters. The van der Waals surface area contributed by atoms with Gasteiger partial charge in [0.05, 0.1) is 0 Å². The molecule has 2 heterocycles. The van der Waals surface area contributed by atoms with E-state index >= 15 is 0 Å². The first-order valence-electron chi connectivity index (χ1n) is 25.8. The molecular weight excluding hydrogens is 957 g/mol. The molecule has 0 aliphatic carbocycles. The van der Waals surface area contributed by atoms with Gasteiger partial charge in [-0.1, -0.05) is 182 Å². The van der Waals surface area contributed by atoms with Crippen molar-refractivity contribution < 1.29 is 0 Å². The Labute approximate surface area is 450 Å². The third-order valence-electron chi connectivity index (χ3n) is 14.7. The van der Waals surface area contributed by atoms with Crippen LogP contribution >= 0.6 is 22.7 Å². The van der Waals surface area contributed by atoms with Crippen LogP contribution in [0.25, 0.3) is 96.0 Å². The highest BCUT2D eigenvalue weighted by molar-refractivity contribution is 7.26. The summed E-state index contributed by atoms with van der Waals surface area (Å²) < 4.78 is 5.28. The lowest BCUT2D eigenvalue weighted by Gasteiger charge is -2.27. The van der Waals surface area contributed by atoms with E-state index in [4.69, 9.17) is 0 Å². The fourth-order valence-electron chi connectivity index (χ4n) is 10.8. The molecule has 0 aliphatic rings. The monoisotopic (exact) mass is 1000 g/mol. The van der Waals surface area contributed by atoms with Crippen LogP contribution in [0, 0.1) is 0 Å². The van der Waals surface area contributed by atoms with Crippen molar-refractivity contribution in [1.82, 2.24) is 0 Å². The predicted octanol–water partition coefficient (Wildman–Crippen LogP) is 21.7. The van der Waals surface area contributed by atoms with Gasteiger partial charge in [-0.3, -0.25) is 0 Å². The molecule has 0 amide bonds. The number of anilines is 6. The fraction of sp³-hybridized carbons (Fsp3) is 0. The van der Waals surface area contributed by atoms with Crippen LogP contribution in [-0.4, -0.2) is 0 Å². The minimum absolute atomic E-state index is 1.09. The normalized spacial score (nSPS) is 11.4. The van der Waals surface area contributed by atoms with Crippen LogP contribution in [0.2, 0.25) is 0 Å². The van der Waals surface area contributed by atoms with Gasteiger partial charge in [0.2, 0.25) is 0 Å². The van der Waals surface area contributed by atoms with Gasteiger partial charge >= 0.3 is 0 Å². The van der Waals surface area contributed by atoms with Crippen LogP contribution in [-0.2, 0) is 0 Å². The van der Waals surface area contributed by atoms with Crippen molar-refractivity contribution in [3.8, 4) is 55.6 Å². The van der Waals surface area contributed by atoms with Crippen LogP contribution in [0.1, 0.15) is 0 Å². The van der Waals surface area contributed by atoms with Crippen LogP contribution in [0.3, 0.4) is 0 Å². The Hall–Kier alpha value is -9.32. The molecule has 0 saturated carbocycles. The van der Waals surface area contributed by atoms with Gasteiger partial charge in [0.1, 0.15) is 0 Å². The van der Waals surface area contributed by atoms with Crippen molar-refractivity contribution in [3.63, 3.8) is 0 Å². The Morgan fingerprint density at radius 3 is 0.697 bits per heavy atom. The van der Waals surface area contributed by atoms with Gasteiger partial charge in [0.15, 0.2) is 0 Å². The number of hydrogen-bond donors (Lipinski definition) is 0. The molecule has 0 N–H and O–H groups in total. The van der Waals surface area contributed by atoms with Gasteiger partial charge in [0, 0.05) is 74.5 Å². The summed E-state index contributed by atoms with van der Waals surface area (Å²) in [7, 11) is 0. The first-order valence-corrected chi connectivity index (χ1v) is 27.4. The van der Waals surface area contributed by atoms with Gasteiger partial charge in [-0.25, -0.2) is 0 Å². The quantitative estimate of drug-likeness (QED) is 0.127. The van der Waals surface area contributed by atoms with Crippen molar-refractivity contribution >= 4 is 97.1 Å². The molecule has 0 aliphatic heterocycles. The topological polar surface area (TPSA) is 6.48 Å². The summed E-state index contributed by atoms with van der Waals surface area (Å²) in [6.07, 6.45) is 0. The van der Waals surface area contributed by atoms with Gasteiger partial charge in [0.25, 0.3) is 0 Å². The molecule has 0 unspecified atom stereocenters. The number of thiophene rings is 2. The second-order valence-electron chi connectivity index (χ2n) is 19.3. The number of hydrogen-bond acceptors (Lipinski definition) is 4. The molecule has 0 fully saturated rings. The van der Waals surface area contributed by atoms with Crippen molar-refractivity contribution in [2.75, 3.05) is 9.80 Å². The third-order valence-corrected chi connectivity index (χ3v) is 17.0. The summed E-state index contributed by atoms with van der Waals surface area (Å²) in [6, 6.07) is 106. The Morgan fingerprint density at radius 2 is 0.395 bits per heavy atom. The summed E-state index contributed by atoms with van der Waals surface area (Å²) in [5, 5.41) is 5.25. The molecule has 14 aromatic rings. The van der Waals surface area contributed by atoms with Crippen molar-refractivity contribution in [3.05, 3.63) is 291 Å². The van der Waals surface area contributed by atoms with Crippen LogP contribution in [0.4, 0.5) is 34.1 Å². The molecule has 358 valence electrons. The van der Waals surface area contributed by atoms with Gasteiger partial charge < -0.3 is 9.80 Å². The first kappa shape index (κ1) is 45.3. The maximum atomic E-state index is 2.36. The maximum Gasteiger partial charge on any atom is 0.0462 e. The lowest BCUT2D eigenvalue weighted by molar-refractivity contribution is 1.28. The zero-order chi connectivity index (χ0) is 50.4. The molecule has 12 aromatic carbocycles. The van der Waals surface area contributed by atoms with Crippen molar-refractivity contribution in [2.24, 2.45) is 0 Å².